The average molecular weight is 364 g/mol. The van der Waals surface area contributed by atoms with Crippen LogP contribution in [0.3, 0.4) is 0 Å². The van der Waals surface area contributed by atoms with Crippen LogP contribution in [0, 0.1) is 6.92 Å². The van der Waals surface area contributed by atoms with Gasteiger partial charge in [0.2, 0.25) is 11.8 Å². The molecule has 1 N–H and O–H groups in total. The van der Waals surface area contributed by atoms with Gasteiger partial charge >= 0.3 is 0 Å². The fraction of sp³-hybridized carbons (Fsp3) is 0.556. The number of hydrogen-bond acceptors (Lipinski definition) is 6. The van der Waals surface area contributed by atoms with Crippen LogP contribution in [-0.2, 0) is 20.7 Å². The molecule has 2 aromatic rings. The smallest absolute Gasteiger partial charge is 0.236 e. The average Bonchev–Trinajstić information content (AvgIpc) is 3.34. The van der Waals surface area contributed by atoms with Crippen molar-refractivity contribution in [1.29, 1.82) is 0 Å². The van der Waals surface area contributed by atoms with Crippen LogP contribution in [0.5, 0.6) is 0 Å². The second-order valence-corrected chi connectivity index (χ2v) is 7.04. The quantitative estimate of drug-likeness (QED) is 0.693. The predicted molar refractivity (Wildman–Crippen MR) is 95.7 cm³/mol. The highest BCUT2D eigenvalue weighted by molar-refractivity contribution is 7.13. The van der Waals surface area contributed by atoms with Crippen LogP contribution in [-0.4, -0.2) is 43.4 Å². The van der Waals surface area contributed by atoms with Gasteiger partial charge in [0.1, 0.15) is 5.76 Å². The van der Waals surface area contributed by atoms with Crippen LogP contribution in [0.25, 0.3) is 10.8 Å². The van der Waals surface area contributed by atoms with E-state index in [1.807, 2.05) is 24.4 Å². The van der Waals surface area contributed by atoms with Crippen molar-refractivity contribution in [3.05, 3.63) is 29.0 Å². The Labute approximate surface area is 151 Å². The van der Waals surface area contributed by atoms with Gasteiger partial charge in [0, 0.05) is 19.8 Å². The van der Waals surface area contributed by atoms with Crippen molar-refractivity contribution in [1.82, 2.24) is 10.3 Å². The van der Waals surface area contributed by atoms with E-state index in [0.29, 0.717) is 37.1 Å². The maximum absolute atomic E-state index is 12.1. The fourth-order valence-corrected chi connectivity index (χ4v) is 3.35. The number of nitrogens with one attached hydrogen (secondary N) is 1. The predicted octanol–water partition coefficient (Wildman–Crippen LogP) is 2.96. The number of nitrogens with zero attached hydrogens (tertiary/aromatic N) is 1. The molecule has 7 heteroatoms. The lowest BCUT2D eigenvalue weighted by Crippen LogP contribution is -2.27. The van der Waals surface area contributed by atoms with Crippen molar-refractivity contribution in [3.8, 4) is 10.8 Å². The minimum atomic E-state index is -0.0479. The van der Waals surface area contributed by atoms with Crippen molar-refractivity contribution in [2.24, 2.45) is 0 Å². The van der Waals surface area contributed by atoms with Gasteiger partial charge in [-0.25, -0.2) is 4.98 Å². The zero-order valence-electron chi connectivity index (χ0n) is 14.5. The van der Waals surface area contributed by atoms with E-state index in [1.165, 1.54) is 0 Å². The van der Waals surface area contributed by atoms with Crippen molar-refractivity contribution in [2.45, 2.75) is 38.7 Å². The maximum Gasteiger partial charge on any atom is 0.236 e. The molecule has 0 spiro atoms. The van der Waals surface area contributed by atoms with E-state index in [4.69, 9.17) is 13.9 Å². The Hall–Kier alpha value is -1.70. The third-order valence-electron chi connectivity index (χ3n) is 4.07. The highest BCUT2D eigenvalue weighted by Crippen LogP contribution is 2.26. The van der Waals surface area contributed by atoms with Crippen LogP contribution in [0.1, 0.15) is 30.7 Å². The number of amides is 1. The number of thiophene rings is 1. The fourth-order valence-electron chi connectivity index (χ4n) is 2.70. The van der Waals surface area contributed by atoms with Crippen molar-refractivity contribution >= 4 is 17.2 Å². The van der Waals surface area contributed by atoms with Gasteiger partial charge in [-0.1, -0.05) is 6.07 Å². The highest BCUT2D eigenvalue weighted by Gasteiger charge is 2.16. The van der Waals surface area contributed by atoms with E-state index in [0.717, 1.165) is 30.7 Å². The number of aromatic nitrogens is 1. The number of aryl methyl sites for hydroxylation is 1. The van der Waals surface area contributed by atoms with Gasteiger partial charge in [-0.2, -0.15) is 0 Å². The van der Waals surface area contributed by atoms with Gasteiger partial charge < -0.3 is 19.2 Å². The Balaban J connectivity index is 1.33. The van der Waals surface area contributed by atoms with Gasteiger partial charge in [-0.15, -0.1) is 11.3 Å². The first-order valence-electron chi connectivity index (χ1n) is 8.68. The SMILES string of the molecule is Cc1oc(-c2cccs2)nc1CC(=O)NCCCOCC1CCCO1. The maximum atomic E-state index is 12.1. The van der Waals surface area contributed by atoms with Crippen molar-refractivity contribution in [3.63, 3.8) is 0 Å². The summed E-state index contributed by atoms with van der Waals surface area (Å²) in [6.45, 7) is 4.56. The monoisotopic (exact) mass is 364 g/mol. The zero-order valence-corrected chi connectivity index (χ0v) is 15.3. The topological polar surface area (TPSA) is 73.6 Å². The summed E-state index contributed by atoms with van der Waals surface area (Å²) in [5.41, 5.74) is 0.690. The molecule has 2 aromatic heterocycles. The summed E-state index contributed by atoms with van der Waals surface area (Å²) in [6, 6.07) is 3.91. The number of carbonyl (C=O) groups is 1. The van der Waals surface area contributed by atoms with E-state index in [-0.39, 0.29) is 18.4 Å². The summed E-state index contributed by atoms with van der Waals surface area (Å²) < 4.78 is 16.7. The van der Waals surface area contributed by atoms with Gasteiger partial charge in [-0.05, 0) is 37.6 Å². The molecule has 3 rings (SSSR count). The first-order valence-corrected chi connectivity index (χ1v) is 9.56. The van der Waals surface area contributed by atoms with Crippen molar-refractivity contribution < 1.29 is 18.7 Å². The van der Waals surface area contributed by atoms with Crippen LogP contribution >= 0.6 is 11.3 Å². The molecular formula is C18H24N2O4S. The normalized spacial score (nSPS) is 17.1. The first-order chi connectivity index (χ1) is 12.2. The molecule has 3 heterocycles. The molecule has 1 fully saturated rings. The standard InChI is InChI=1S/C18H24N2O4S/c1-13-15(20-18(24-13)16-6-3-10-25-16)11-17(21)19-7-4-8-22-12-14-5-2-9-23-14/h3,6,10,14H,2,4-5,7-9,11-12H2,1H3,(H,19,21). The molecule has 0 aromatic carbocycles. The van der Waals surface area contributed by atoms with Gasteiger partial charge in [0.15, 0.2) is 0 Å². The number of ether oxygens (including phenoxy) is 2. The Kier molecular flexibility index (Phi) is 6.61. The van der Waals surface area contributed by atoms with E-state index in [2.05, 4.69) is 10.3 Å². The summed E-state index contributed by atoms with van der Waals surface area (Å²) >= 11 is 1.57. The molecule has 0 bridgehead atoms. The second kappa shape index (κ2) is 9.12. The lowest BCUT2D eigenvalue weighted by molar-refractivity contribution is -0.120. The van der Waals surface area contributed by atoms with Crippen LogP contribution in [0.15, 0.2) is 21.9 Å². The largest absolute Gasteiger partial charge is 0.440 e. The molecule has 136 valence electrons. The third-order valence-corrected chi connectivity index (χ3v) is 4.93. The molecule has 25 heavy (non-hydrogen) atoms. The second-order valence-electron chi connectivity index (χ2n) is 6.09. The molecule has 1 saturated heterocycles. The molecule has 1 amide bonds. The minimum absolute atomic E-state index is 0.0479. The number of hydrogen-bond donors (Lipinski definition) is 1. The Morgan fingerprint density at radius 3 is 3.20 bits per heavy atom. The highest BCUT2D eigenvalue weighted by atomic mass is 32.1. The van der Waals surface area contributed by atoms with Gasteiger partial charge in [0.05, 0.1) is 29.7 Å². The van der Waals surface area contributed by atoms with Crippen LogP contribution < -0.4 is 5.32 Å². The summed E-state index contributed by atoms with van der Waals surface area (Å²) in [4.78, 5) is 17.5. The number of carbonyl (C=O) groups excluding carboxylic acids is 1. The molecule has 0 aliphatic carbocycles. The molecule has 6 nitrogen and oxygen atoms in total. The summed E-state index contributed by atoms with van der Waals surface area (Å²) in [5, 5.41) is 4.88. The van der Waals surface area contributed by atoms with E-state index in [1.54, 1.807) is 11.3 Å². The minimum Gasteiger partial charge on any atom is -0.440 e. The molecule has 0 saturated carbocycles. The molecule has 1 aliphatic rings. The summed E-state index contributed by atoms with van der Waals surface area (Å²) in [5.74, 6) is 1.23. The number of oxazole rings is 1. The van der Waals surface area contributed by atoms with Gasteiger partial charge in [-0.3, -0.25) is 4.79 Å². The van der Waals surface area contributed by atoms with Crippen LogP contribution in [0.4, 0.5) is 0 Å². The molecule has 1 atom stereocenters. The van der Waals surface area contributed by atoms with Crippen LogP contribution in [0.2, 0.25) is 0 Å². The Bertz CT molecular complexity index is 663. The molecular weight excluding hydrogens is 340 g/mol. The summed E-state index contributed by atoms with van der Waals surface area (Å²) in [6.07, 6.45) is 3.48. The third kappa shape index (κ3) is 5.39. The lowest BCUT2D eigenvalue weighted by Gasteiger charge is -2.10. The Morgan fingerprint density at radius 2 is 2.44 bits per heavy atom. The molecule has 1 aliphatic heterocycles. The Morgan fingerprint density at radius 1 is 1.52 bits per heavy atom. The van der Waals surface area contributed by atoms with E-state index >= 15 is 0 Å². The lowest BCUT2D eigenvalue weighted by atomic mass is 10.2. The van der Waals surface area contributed by atoms with Gasteiger partial charge in [0.25, 0.3) is 0 Å². The zero-order chi connectivity index (χ0) is 17.5. The molecule has 1 unspecified atom stereocenters. The van der Waals surface area contributed by atoms with Crippen molar-refractivity contribution in [2.75, 3.05) is 26.4 Å². The molecule has 0 radical (unpaired) electrons. The van der Waals surface area contributed by atoms with E-state index < -0.39 is 0 Å². The summed E-state index contributed by atoms with van der Waals surface area (Å²) in [7, 11) is 0. The van der Waals surface area contributed by atoms with E-state index in [9.17, 15) is 4.79 Å². The first kappa shape index (κ1) is 18.1. The number of rotatable bonds is 9.